The predicted octanol–water partition coefficient (Wildman–Crippen LogP) is 4.05. The van der Waals surface area contributed by atoms with Gasteiger partial charge in [0.2, 0.25) is 11.7 Å². The third-order valence-electron chi connectivity index (χ3n) is 3.46. The van der Waals surface area contributed by atoms with Crippen LogP contribution in [0.25, 0.3) is 11.4 Å². The lowest BCUT2D eigenvalue weighted by atomic mass is 10.0. The molecule has 1 aromatic carbocycles. The highest BCUT2D eigenvalue weighted by Crippen LogP contribution is 2.22. The molecule has 108 valence electrons. The Morgan fingerprint density at radius 1 is 1.20 bits per heavy atom. The molecule has 0 aliphatic carbocycles. The van der Waals surface area contributed by atoms with Gasteiger partial charge in [-0.2, -0.15) is 4.98 Å². The smallest absolute Gasteiger partial charge is 0.243 e. The number of rotatable bonds is 6. The van der Waals surface area contributed by atoms with Crippen LogP contribution < -0.4 is 5.73 Å². The van der Waals surface area contributed by atoms with Gasteiger partial charge in [-0.15, -0.1) is 0 Å². The van der Waals surface area contributed by atoms with Gasteiger partial charge in [-0.05, 0) is 17.9 Å². The Labute approximate surface area is 120 Å². The van der Waals surface area contributed by atoms with Gasteiger partial charge in [0.1, 0.15) is 0 Å². The first kappa shape index (κ1) is 14.7. The van der Waals surface area contributed by atoms with E-state index in [1.807, 2.05) is 12.1 Å². The highest BCUT2D eigenvalue weighted by Gasteiger charge is 2.15. The number of nitrogens with zero attached hydrogens (tertiary/aromatic N) is 2. The van der Waals surface area contributed by atoms with E-state index in [4.69, 9.17) is 10.3 Å². The fraction of sp³-hybridized carbons (Fsp3) is 0.500. The Kier molecular flexibility index (Phi) is 4.90. The van der Waals surface area contributed by atoms with Crippen LogP contribution in [0.1, 0.15) is 63.4 Å². The van der Waals surface area contributed by atoms with Gasteiger partial charge in [-0.25, -0.2) is 0 Å². The van der Waals surface area contributed by atoms with E-state index in [2.05, 4.69) is 43.0 Å². The molecule has 4 heteroatoms. The SMILES string of the molecule is CCCCC(N)c1nc(-c2ccc(C(C)C)cc2)no1. The van der Waals surface area contributed by atoms with Crippen molar-refractivity contribution < 1.29 is 4.52 Å². The van der Waals surface area contributed by atoms with Crippen molar-refractivity contribution in [3.05, 3.63) is 35.7 Å². The lowest BCUT2D eigenvalue weighted by Crippen LogP contribution is -2.10. The van der Waals surface area contributed by atoms with Crippen molar-refractivity contribution in [3.63, 3.8) is 0 Å². The largest absolute Gasteiger partial charge is 0.337 e. The Bertz CT molecular complexity index is 531. The molecule has 0 amide bonds. The topological polar surface area (TPSA) is 64.9 Å². The van der Waals surface area contributed by atoms with Crippen molar-refractivity contribution >= 4 is 0 Å². The lowest BCUT2D eigenvalue weighted by molar-refractivity contribution is 0.346. The van der Waals surface area contributed by atoms with Crippen LogP contribution >= 0.6 is 0 Å². The van der Waals surface area contributed by atoms with Crippen molar-refractivity contribution in [3.8, 4) is 11.4 Å². The molecule has 20 heavy (non-hydrogen) atoms. The minimum absolute atomic E-state index is 0.161. The second kappa shape index (κ2) is 6.66. The van der Waals surface area contributed by atoms with Crippen LogP contribution in [0.5, 0.6) is 0 Å². The van der Waals surface area contributed by atoms with Crippen LogP contribution in [0.2, 0.25) is 0 Å². The monoisotopic (exact) mass is 273 g/mol. The summed E-state index contributed by atoms with van der Waals surface area (Å²) in [6.07, 6.45) is 3.07. The summed E-state index contributed by atoms with van der Waals surface area (Å²) >= 11 is 0. The normalized spacial score (nSPS) is 12.8. The van der Waals surface area contributed by atoms with Gasteiger partial charge in [-0.1, -0.05) is 63.0 Å². The summed E-state index contributed by atoms with van der Waals surface area (Å²) in [5.41, 5.74) is 8.31. The zero-order chi connectivity index (χ0) is 14.5. The molecular formula is C16H23N3O. The van der Waals surface area contributed by atoms with E-state index in [0.717, 1.165) is 24.8 Å². The molecule has 2 aromatic rings. The molecule has 2 rings (SSSR count). The Balaban J connectivity index is 2.11. The Morgan fingerprint density at radius 2 is 1.90 bits per heavy atom. The van der Waals surface area contributed by atoms with E-state index in [0.29, 0.717) is 17.6 Å². The molecule has 1 aromatic heterocycles. The summed E-state index contributed by atoms with van der Waals surface area (Å²) in [5, 5.41) is 4.02. The summed E-state index contributed by atoms with van der Waals surface area (Å²) in [4.78, 5) is 4.41. The summed E-state index contributed by atoms with van der Waals surface area (Å²) in [5.74, 6) is 1.66. The lowest BCUT2D eigenvalue weighted by Gasteiger charge is -2.05. The maximum Gasteiger partial charge on any atom is 0.243 e. The maximum absolute atomic E-state index is 6.04. The zero-order valence-corrected chi connectivity index (χ0v) is 12.5. The van der Waals surface area contributed by atoms with Crippen molar-refractivity contribution in [2.24, 2.45) is 5.73 Å². The van der Waals surface area contributed by atoms with Crippen molar-refractivity contribution in [1.29, 1.82) is 0 Å². The van der Waals surface area contributed by atoms with Crippen molar-refractivity contribution in [2.45, 2.75) is 52.0 Å². The molecule has 0 saturated carbocycles. The predicted molar refractivity (Wildman–Crippen MR) is 80.3 cm³/mol. The third-order valence-corrected chi connectivity index (χ3v) is 3.46. The molecule has 2 N–H and O–H groups in total. The van der Waals surface area contributed by atoms with Crippen molar-refractivity contribution in [1.82, 2.24) is 10.1 Å². The molecule has 0 aliphatic heterocycles. The van der Waals surface area contributed by atoms with Crippen LogP contribution in [0.3, 0.4) is 0 Å². The molecule has 0 saturated heterocycles. The summed E-state index contributed by atoms with van der Waals surface area (Å²) in [6, 6.07) is 8.11. The van der Waals surface area contributed by atoms with Crippen molar-refractivity contribution in [2.75, 3.05) is 0 Å². The first-order valence-electron chi connectivity index (χ1n) is 7.31. The molecule has 0 aliphatic rings. The molecular weight excluding hydrogens is 250 g/mol. The van der Waals surface area contributed by atoms with E-state index >= 15 is 0 Å². The van der Waals surface area contributed by atoms with Gasteiger partial charge < -0.3 is 10.3 Å². The minimum atomic E-state index is -0.161. The van der Waals surface area contributed by atoms with E-state index < -0.39 is 0 Å². The molecule has 4 nitrogen and oxygen atoms in total. The van der Waals surface area contributed by atoms with Gasteiger partial charge in [0, 0.05) is 5.56 Å². The minimum Gasteiger partial charge on any atom is -0.337 e. The number of benzene rings is 1. The maximum atomic E-state index is 6.04. The molecule has 0 spiro atoms. The van der Waals surface area contributed by atoms with Crippen LogP contribution in [0.15, 0.2) is 28.8 Å². The second-order valence-electron chi connectivity index (χ2n) is 5.48. The van der Waals surface area contributed by atoms with E-state index in [1.54, 1.807) is 0 Å². The van der Waals surface area contributed by atoms with Crippen LogP contribution in [-0.2, 0) is 0 Å². The molecule has 0 fully saturated rings. The highest BCUT2D eigenvalue weighted by molar-refractivity contribution is 5.54. The first-order valence-corrected chi connectivity index (χ1v) is 7.31. The number of hydrogen-bond donors (Lipinski definition) is 1. The van der Waals surface area contributed by atoms with E-state index in [-0.39, 0.29) is 6.04 Å². The number of aromatic nitrogens is 2. The average Bonchev–Trinajstić information content (AvgIpc) is 2.94. The van der Waals surface area contributed by atoms with Gasteiger partial charge in [0.25, 0.3) is 0 Å². The van der Waals surface area contributed by atoms with Gasteiger partial charge in [0.05, 0.1) is 6.04 Å². The Hall–Kier alpha value is -1.68. The molecule has 1 atom stereocenters. The fourth-order valence-corrected chi connectivity index (χ4v) is 2.07. The standard InChI is InChI=1S/C16H23N3O/c1-4-5-6-14(17)16-18-15(19-20-16)13-9-7-12(8-10-13)11(2)3/h7-11,14H,4-6,17H2,1-3H3. The quantitative estimate of drug-likeness (QED) is 0.862. The van der Waals surface area contributed by atoms with E-state index in [9.17, 15) is 0 Å². The first-order chi connectivity index (χ1) is 9.61. The van der Waals surface area contributed by atoms with Crippen LogP contribution in [0, 0.1) is 0 Å². The number of unbranched alkanes of at least 4 members (excludes halogenated alkanes) is 1. The van der Waals surface area contributed by atoms with Crippen LogP contribution in [-0.4, -0.2) is 10.1 Å². The molecule has 1 heterocycles. The zero-order valence-electron chi connectivity index (χ0n) is 12.5. The Morgan fingerprint density at radius 3 is 2.50 bits per heavy atom. The summed E-state index contributed by atoms with van der Waals surface area (Å²) in [7, 11) is 0. The number of hydrogen-bond acceptors (Lipinski definition) is 4. The molecule has 0 radical (unpaired) electrons. The second-order valence-corrected chi connectivity index (χ2v) is 5.48. The summed E-state index contributed by atoms with van der Waals surface area (Å²) in [6.45, 7) is 6.49. The average molecular weight is 273 g/mol. The van der Waals surface area contributed by atoms with Gasteiger partial charge in [-0.3, -0.25) is 0 Å². The van der Waals surface area contributed by atoms with Gasteiger partial charge in [0.15, 0.2) is 0 Å². The molecule has 0 bridgehead atoms. The van der Waals surface area contributed by atoms with Gasteiger partial charge >= 0.3 is 0 Å². The van der Waals surface area contributed by atoms with E-state index in [1.165, 1.54) is 5.56 Å². The third kappa shape index (κ3) is 3.45. The highest BCUT2D eigenvalue weighted by atomic mass is 16.5. The summed E-state index contributed by atoms with van der Waals surface area (Å²) < 4.78 is 5.27. The number of nitrogens with two attached hydrogens (primary N) is 1. The fourth-order valence-electron chi connectivity index (χ4n) is 2.07. The van der Waals surface area contributed by atoms with Crippen LogP contribution in [0.4, 0.5) is 0 Å². The molecule has 1 unspecified atom stereocenters.